The standard InChI is InChI=1S/C28H31ClN4O3/c1-17(2)16-21(28(27(30)36)14-6-7-15-28)26(35)33(3)24-25(34)31-22-9-5-4-8-20(22)23(32-24)18-10-12-19(29)13-11-18/h4-13,17,21,24H,14-16H2,1-3H3,(H2,30,36)(H,31,34). The Morgan fingerprint density at radius 2 is 1.78 bits per heavy atom. The van der Waals surface area contributed by atoms with Crippen molar-refractivity contribution in [3.05, 3.63) is 76.8 Å². The molecule has 3 amide bonds. The predicted molar refractivity (Wildman–Crippen MR) is 142 cm³/mol. The maximum atomic E-state index is 14.0. The number of aliphatic imine (C=N–C) groups is 1. The van der Waals surface area contributed by atoms with Gasteiger partial charge in [0.2, 0.25) is 18.0 Å². The number of anilines is 1. The third-order valence-corrected chi connectivity index (χ3v) is 7.30. The molecule has 1 aliphatic heterocycles. The number of carbonyl (C=O) groups is 3. The van der Waals surface area contributed by atoms with Gasteiger partial charge in [0.1, 0.15) is 0 Å². The van der Waals surface area contributed by atoms with E-state index in [-0.39, 0.29) is 11.8 Å². The molecule has 36 heavy (non-hydrogen) atoms. The summed E-state index contributed by atoms with van der Waals surface area (Å²) in [6.45, 7) is 4.01. The van der Waals surface area contributed by atoms with E-state index in [4.69, 9.17) is 22.3 Å². The zero-order valence-electron chi connectivity index (χ0n) is 20.7. The van der Waals surface area contributed by atoms with Gasteiger partial charge in [-0.3, -0.25) is 14.4 Å². The largest absolute Gasteiger partial charge is 0.369 e. The number of hydrogen-bond acceptors (Lipinski definition) is 4. The van der Waals surface area contributed by atoms with Crippen LogP contribution >= 0.6 is 11.6 Å². The van der Waals surface area contributed by atoms with Crippen LogP contribution < -0.4 is 11.1 Å². The first-order chi connectivity index (χ1) is 17.1. The molecule has 0 saturated carbocycles. The summed E-state index contributed by atoms with van der Waals surface area (Å²) >= 11 is 6.10. The van der Waals surface area contributed by atoms with E-state index in [0.29, 0.717) is 35.7 Å². The maximum Gasteiger partial charge on any atom is 0.269 e. The van der Waals surface area contributed by atoms with Crippen LogP contribution in [0.4, 0.5) is 5.69 Å². The number of carbonyl (C=O) groups excluding carboxylic acids is 3. The molecule has 0 radical (unpaired) electrons. The van der Waals surface area contributed by atoms with E-state index >= 15 is 0 Å². The number of likely N-dealkylation sites (N-methyl/N-ethyl adjacent to an activating group) is 1. The fourth-order valence-electron chi connectivity index (χ4n) is 5.08. The number of hydrogen-bond donors (Lipinski definition) is 2. The van der Waals surface area contributed by atoms with Crippen LogP contribution in [-0.2, 0) is 14.4 Å². The van der Waals surface area contributed by atoms with Crippen LogP contribution in [0.2, 0.25) is 5.02 Å². The normalized spacial score (nSPS) is 19.2. The highest BCUT2D eigenvalue weighted by molar-refractivity contribution is 6.30. The smallest absolute Gasteiger partial charge is 0.269 e. The molecule has 4 rings (SSSR count). The van der Waals surface area contributed by atoms with Crippen molar-refractivity contribution >= 4 is 40.7 Å². The minimum atomic E-state index is -1.13. The molecule has 1 heterocycles. The summed E-state index contributed by atoms with van der Waals surface area (Å²) in [5, 5.41) is 3.50. The van der Waals surface area contributed by atoms with E-state index in [2.05, 4.69) is 5.32 Å². The molecule has 2 atom stereocenters. The number of allylic oxidation sites excluding steroid dienone is 2. The molecular formula is C28H31ClN4O3. The zero-order valence-corrected chi connectivity index (χ0v) is 21.5. The monoisotopic (exact) mass is 506 g/mol. The second-order valence-corrected chi connectivity index (χ2v) is 10.4. The third kappa shape index (κ3) is 4.80. The van der Waals surface area contributed by atoms with Crippen LogP contribution in [-0.4, -0.2) is 41.5 Å². The number of nitrogens with two attached hydrogens (primary N) is 1. The Bertz CT molecular complexity index is 1230. The van der Waals surface area contributed by atoms with E-state index in [1.807, 2.05) is 56.3 Å². The lowest BCUT2D eigenvalue weighted by Gasteiger charge is -2.38. The highest BCUT2D eigenvalue weighted by Gasteiger charge is 2.50. The minimum Gasteiger partial charge on any atom is -0.369 e. The molecule has 2 aliphatic rings. The Hall–Kier alpha value is -3.45. The quantitative estimate of drug-likeness (QED) is 0.544. The molecule has 0 spiro atoms. The molecule has 188 valence electrons. The molecule has 8 heteroatoms. The van der Waals surface area contributed by atoms with Gasteiger partial charge in [0, 0.05) is 23.2 Å². The van der Waals surface area contributed by atoms with Gasteiger partial charge in [0.25, 0.3) is 5.91 Å². The number of benzene rings is 2. The van der Waals surface area contributed by atoms with Crippen LogP contribution in [0.3, 0.4) is 0 Å². The molecule has 0 aromatic heterocycles. The molecule has 3 N–H and O–H groups in total. The van der Waals surface area contributed by atoms with Gasteiger partial charge in [-0.1, -0.05) is 67.9 Å². The molecule has 2 aromatic carbocycles. The summed E-state index contributed by atoms with van der Waals surface area (Å²) < 4.78 is 0. The topological polar surface area (TPSA) is 105 Å². The summed E-state index contributed by atoms with van der Waals surface area (Å²) in [5.74, 6) is -1.78. The maximum absolute atomic E-state index is 14.0. The fourth-order valence-corrected chi connectivity index (χ4v) is 5.20. The fraction of sp³-hybridized carbons (Fsp3) is 0.357. The second kappa shape index (κ2) is 10.3. The lowest BCUT2D eigenvalue weighted by atomic mass is 9.69. The summed E-state index contributed by atoms with van der Waals surface area (Å²) in [5.41, 5.74) is 7.54. The average molecular weight is 507 g/mol. The van der Waals surface area contributed by atoms with Gasteiger partial charge in [-0.2, -0.15) is 0 Å². The first-order valence-corrected chi connectivity index (χ1v) is 12.5. The van der Waals surface area contributed by atoms with E-state index in [9.17, 15) is 14.4 Å². The summed E-state index contributed by atoms with van der Waals surface area (Å²) in [6, 6.07) is 14.6. The van der Waals surface area contributed by atoms with E-state index in [1.54, 1.807) is 25.2 Å². The van der Waals surface area contributed by atoms with Crippen molar-refractivity contribution in [2.75, 3.05) is 12.4 Å². The molecule has 7 nitrogen and oxygen atoms in total. The van der Waals surface area contributed by atoms with Crippen LogP contribution in [0.1, 0.15) is 44.2 Å². The number of nitrogens with zero attached hydrogens (tertiary/aromatic N) is 2. The van der Waals surface area contributed by atoms with E-state index in [0.717, 1.165) is 11.1 Å². The SMILES string of the molecule is CC(C)CC(C(=O)N(C)C1N=C(c2ccc(Cl)cc2)c2ccccc2NC1=O)C1(C(N)=O)CC=CC1. The first-order valence-electron chi connectivity index (χ1n) is 12.1. The number of benzodiazepines with no additional fused rings is 1. The van der Waals surface area contributed by atoms with Crippen LogP contribution in [0.15, 0.2) is 65.7 Å². The highest BCUT2D eigenvalue weighted by atomic mass is 35.5. The van der Waals surface area contributed by atoms with Gasteiger partial charge in [-0.25, -0.2) is 4.99 Å². The Labute approximate surface area is 216 Å². The van der Waals surface area contributed by atoms with Crippen LogP contribution in [0, 0.1) is 17.3 Å². The zero-order chi connectivity index (χ0) is 26.0. The lowest BCUT2D eigenvalue weighted by Crippen LogP contribution is -2.53. The Morgan fingerprint density at radius 1 is 1.14 bits per heavy atom. The van der Waals surface area contributed by atoms with Crippen molar-refractivity contribution in [1.29, 1.82) is 0 Å². The van der Waals surface area contributed by atoms with Crippen molar-refractivity contribution in [1.82, 2.24) is 4.90 Å². The van der Waals surface area contributed by atoms with E-state index < -0.39 is 29.3 Å². The number of para-hydroxylation sites is 1. The Balaban J connectivity index is 1.77. The van der Waals surface area contributed by atoms with Gasteiger partial charge in [0.15, 0.2) is 0 Å². The second-order valence-electron chi connectivity index (χ2n) is 9.92. The lowest BCUT2D eigenvalue weighted by molar-refractivity contribution is -0.149. The molecule has 1 aliphatic carbocycles. The van der Waals surface area contributed by atoms with Gasteiger partial charge in [-0.15, -0.1) is 0 Å². The van der Waals surface area contributed by atoms with Crippen molar-refractivity contribution < 1.29 is 14.4 Å². The predicted octanol–water partition coefficient (Wildman–Crippen LogP) is 4.40. The number of fused-ring (bicyclic) bond motifs is 1. The van der Waals surface area contributed by atoms with Crippen molar-refractivity contribution in [2.45, 2.75) is 39.3 Å². The summed E-state index contributed by atoms with van der Waals surface area (Å²) in [7, 11) is 1.57. The van der Waals surface area contributed by atoms with Crippen molar-refractivity contribution in [2.24, 2.45) is 28.0 Å². The average Bonchev–Trinajstić information content (AvgIpc) is 3.29. The van der Waals surface area contributed by atoms with E-state index in [1.165, 1.54) is 4.90 Å². The summed E-state index contributed by atoms with van der Waals surface area (Å²) in [6.07, 6.45) is 3.94. The van der Waals surface area contributed by atoms with Gasteiger partial charge < -0.3 is 16.0 Å². The molecule has 0 bridgehead atoms. The molecule has 2 unspecified atom stereocenters. The van der Waals surface area contributed by atoms with Gasteiger partial charge in [-0.05, 0) is 43.4 Å². The Kier molecular flexibility index (Phi) is 7.31. The first kappa shape index (κ1) is 25.6. The number of primary amides is 1. The Morgan fingerprint density at radius 3 is 2.39 bits per heavy atom. The summed E-state index contributed by atoms with van der Waals surface area (Å²) in [4.78, 5) is 46.3. The van der Waals surface area contributed by atoms with Crippen LogP contribution in [0.25, 0.3) is 0 Å². The van der Waals surface area contributed by atoms with Gasteiger partial charge in [0.05, 0.1) is 22.7 Å². The highest BCUT2D eigenvalue weighted by Crippen LogP contribution is 2.44. The molecule has 0 saturated heterocycles. The number of nitrogens with one attached hydrogen (secondary N) is 1. The number of halogens is 1. The third-order valence-electron chi connectivity index (χ3n) is 7.05. The molecule has 0 fully saturated rings. The van der Waals surface area contributed by atoms with Gasteiger partial charge >= 0.3 is 0 Å². The van der Waals surface area contributed by atoms with Crippen molar-refractivity contribution in [3.8, 4) is 0 Å². The number of amides is 3. The minimum absolute atomic E-state index is 0.143. The van der Waals surface area contributed by atoms with Crippen molar-refractivity contribution in [3.63, 3.8) is 0 Å². The van der Waals surface area contributed by atoms with Crippen LogP contribution in [0.5, 0.6) is 0 Å². The number of rotatable bonds is 7. The molecular weight excluding hydrogens is 476 g/mol. The molecule has 2 aromatic rings.